The van der Waals surface area contributed by atoms with Crippen molar-refractivity contribution in [1.29, 1.82) is 0 Å². The number of cyclic esters (lactones) is 1. The molecule has 274 valence electrons. The minimum atomic E-state index is -5.02. The Balaban J connectivity index is 1.15. The van der Waals surface area contributed by atoms with Crippen molar-refractivity contribution >= 4 is 50.5 Å². The third-order valence-electron chi connectivity index (χ3n) is 13.1. The SMILES string of the molecule is C[C@@]12CCCc3coc(c31)C(=O)c1cc3c(cc12)C(=O)C=C([C@]12CCC[C@@]4(C)c5cc6c(OS(=O)(=O)O)ccc(O)c6cc5C(=O)O[C@]14C(=O)OC2)C3=O. The Morgan fingerprint density at radius 1 is 0.833 bits per heavy atom. The van der Waals surface area contributed by atoms with E-state index in [0.29, 0.717) is 18.4 Å². The van der Waals surface area contributed by atoms with Crippen LogP contribution in [0.25, 0.3) is 10.8 Å². The van der Waals surface area contributed by atoms with E-state index in [9.17, 15) is 42.0 Å². The minimum absolute atomic E-state index is 0.00462. The first kappa shape index (κ1) is 33.0. The first-order chi connectivity index (χ1) is 25.5. The standard InChI is InChI=1S/C40H30O13S/c1-37-8-3-5-18-16-50-34(31(18)37)33(44)23-12-22-20(13-25(23)37)29(42)15-27(32(22)43)39-10-4-9-38(2)26-14-21-19(28(41)6-7-30(21)53-54(47,48)49)11-24(26)35(45)52-40(38,39)36(46)51-17-39/h6-7,11-16,41H,3-5,8-10,17H2,1-2H3,(H,47,48,49)/t37-,38-,39+,40-/m0/s1. The molecule has 0 unspecified atom stereocenters. The van der Waals surface area contributed by atoms with Gasteiger partial charge in [0.1, 0.15) is 12.4 Å². The smallest absolute Gasteiger partial charge is 0.446 e. The molecular weight excluding hydrogens is 720 g/mol. The highest BCUT2D eigenvalue weighted by Crippen LogP contribution is 2.66. The number of benzene rings is 3. The van der Waals surface area contributed by atoms with Gasteiger partial charge >= 0.3 is 22.3 Å². The number of furan rings is 1. The van der Waals surface area contributed by atoms with E-state index in [0.717, 1.165) is 36.1 Å². The molecule has 2 fully saturated rings. The third-order valence-corrected chi connectivity index (χ3v) is 13.5. The number of carbonyl (C=O) groups is 5. The highest BCUT2D eigenvalue weighted by molar-refractivity contribution is 7.81. The fourth-order valence-corrected chi connectivity index (χ4v) is 11.1. The molecule has 4 aliphatic carbocycles. The van der Waals surface area contributed by atoms with Crippen LogP contribution in [0, 0.1) is 5.41 Å². The van der Waals surface area contributed by atoms with Crippen molar-refractivity contribution in [2.75, 3.05) is 6.61 Å². The van der Waals surface area contributed by atoms with Crippen LogP contribution in [0.4, 0.5) is 0 Å². The van der Waals surface area contributed by atoms with Crippen LogP contribution < -0.4 is 4.18 Å². The van der Waals surface area contributed by atoms with Crippen LogP contribution in [0.5, 0.6) is 11.5 Å². The van der Waals surface area contributed by atoms with Gasteiger partial charge in [0.15, 0.2) is 23.1 Å². The summed E-state index contributed by atoms with van der Waals surface area (Å²) in [6.07, 6.45) is 5.84. The Morgan fingerprint density at radius 2 is 1.63 bits per heavy atom. The quantitative estimate of drug-likeness (QED) is 0.199. The van der Waals surface area contributed by atoms with E-state index in [1.54, 1.807) is 19.3 Å². The van der Waals surface area contributed by atoms with Gasteiger partial charge in [-0.3, -0.25) is 18.9 Å². The number of fused-ring (bicyclic) bond motifs is 6. The van der Waals surface area contributed by atoms with Crippen LogP contribution in [0.2, 0.25) is 0 Å². The molecule has 0 amide bonds. The first-order valence-electron chi connectivity index (χ1n) is 17.6. The topological polar surface area (TPSA) is 201 Å². The second-order valence-corrected chi connectivity index (χ2v) is 16.6. The molecular formula is C40H30O13S. The highest BCUT2D eigenvalue weighted by Gasteiger charge is 2.79. The molecule has 2 N–H and O–H groups in total. The van der Waals surface area contributed by atoms with Gasteiger partial charge in [0.2, 0.25) is 11.4 Å². The molecule has 4 atom stereocenters. The molecule has 14 heteroatoms. The molecule has 0 radical (unpaired) electrons. The molecule has 1 saturated heterocycles. The lowest BCUT2D eigenvalue weighted by molar-refractivity contribution is -0.174. The average Bonchev–Trinajstić information content (AvgIpc) is 3.70. The molecule has 13 nitrogen and oxygen atoms in total. The van der Waals surface area contributed by atoms with Crippen molar-refractivity contribution in [3.8, 4) is 11.5 Å². The minimum Gasteiger partial charge on any atom is -0.507 e. The van der Waals surface area contributed by atoms with Crippen LogP contribution in [-0.2, 0) is 41.9 Å². The number of hydrogen-bond donors (Lipinski definition) is 2. The summed E-state index contributed by atoms with van der Waals surface area (Å²) in [5, 5.41) is 10.7. The van der Waals surface area contributed by atoms with Gasteiger partial charge in [-0.25, -0.2) is 9.59 Å². The summed E-state index contributed by atoms with van der Waals surface area (Å²) in [5.74, 6) is -3.88. The summed E-state index contributed by atoms with van der Waals surface area (Å²) in [6, 6.07) is 8.05. The Labute approximate surface area is 306 Å². The summed E-state index contributed by atoms with van der Waals surface area (Å²) in [4.78, 5) is 71.5. The largest absolute Gasteiger partial charge is 0.507 e. The number of hydrogen-bond acceptors (Lipinski definition) is 12. The molecule has 0 bridgehead atoms. The average molecular weight is 751 g/mol. The second kappa shape index (κ2) is 10.1. The van der Waals surface area contributed by atoms with E-state index < -0.39 is 68.1 Å². The zero-order valence-electron chi connectivity index (χ0n) is 28.9. The Bertz CT molecular complexity index is 2700. The molecule has 1 aromatic heterocycles. The predicted molar refractivity (Wildman–Crippen MR) is 185 cm³/mol. The highest BCUT2D eigenvalue weighted by atomic mass is 32.3. The van der Waals surface area contributed by atoms with Crippen molar-refractivity contribution in [2.24, 2.45) is 5.41 Å². The maximum atomic E-state index is 14.9. The summed E-state index contributed by atoms with van der Waals surface area (Å²) in [5.41, 5.74) is -3.00. The van der Waals surface area contributed by atoms with Gasteiger partial charge in [-0.1, -0.05) is 20.3 Å². The number of phenols is 1. The molecule has 1 saturated carbocycles. The van der Waals surface area contributed by atoms with Crippen LogP contribution in [0.15, 0.2) is 58.7 Å². The van der Waals surface area contributed by atoms with Crippen molar-refractivity contribution in [2.45, 2.75) is 68.8 Å². The van der Waals surface area contributed by atoms with Gasteiger partial charge in [0, 0.05) is 49.4 Å². The van der Waals surface area contributed by atoms with E-state index >= 15 is 0 Å². The van der Waals surface area contributed by atoms with Gasteiger partial charge < -0.3 is 23.2 Å². The molecule has 2 aliphatic heterocycles. The maximum absolute atomic E-state index is 14.9. The van der Waals surface area contributed by atoms with Crippen molar-refractivity contribution in [1.82, 2.24) is 0 Å². The summed E-state index contributed by atoms with van der Waals surface area (Å²) in [7, 11) is -5.02. The third kappa shape index (κ3) is 3.76. The number of carbonyl (C=O) groups excluding carboxylic acids is 5. The normalized spacial score (nSPS) is 29.2. The lowest BCUT2D eigenvalue weighted by Gasteiger charge is -2.57. The Morgan fingerprint density at radius 3 is 2.41 bits per heavy atom. The van der Waals surface area contributed by atoms with Gasteiger partial charge in [-0.2, -0.15) is 8.42 Å². The number of rotatable bonds is 3. The maximum Gasteiger partial charge on any atom is 0.446 e. The van der Waals surface area contributed by atoms with Gasteiger partial charge in [-0.05, 0) is 91.3 Å². The van der Waals surface area contributed by atoms with Gasteiger partial charge in [0.25, 0.3) is 0 Å². The number of esters is 2. The van der Waals surface area contributed by atoms with Gasteiger partial charge in [0.05, 0.1) is 17.2 Å². The Hall–Kier alpha value is -5.60. The first-order valence-corrected chi connectivity index (χ1v) is 18.9. The fourth-order valence-electron chi connectivity index (χ4n) is 10.8. The van der Waals surface area contributed by atoms with E-state index in [-0.39, 0.29) is 74.3 Å². The van der Waals surface area contributed by atoms with Crippen LogP contribution in [0.3, 0.4) is 0 Å². The number of aryl methyl sites for hydroxylation is 1. The molecule has 3 heterocycles. The second-order valence-electron chi connectivity index (χ2n) is 15.6. The monoisotopic (exact) mass is 750 g/mol. The number of ether oxygens (including phenoxy) is 2. The lowest BCUT2D eigenvalue weighted by atomic mass is 9.47. The van der Waals surface area contributed by atoms with Crippen LogP contribution in [-0.4, -0.2) is 59.6 Å². The zero-order chi connectivity index (χ0) is 37.9. The number of phenolic OH excluding ortho intramolecular Hbond substituents is 1. The van der Waals surface area contributed by atoms with Crippen LogP contribution in [0.1, 0.15) is 115 Å². The van der Waals surface area contributed by atoms with E-state index in [1.165, 1.54) is 24.3 Å². The lowest BCUT2D eigenvalue weighted by Crippen LogP contribution is -2.70. The van der Waals surface area contributed by atoms with Gasteiger partial charge in [-0.15, -0.1) is 0 Å². The number of allylic oxidation sites excluding steroid dienone is 1. The Kier molecular flexibility index (Phi) is 6.19. The summed E-state index contributed by atoms with van der Waals surface area (Å²) < 4.78 is 55.6. The van der Waals surface area contributed by atoms with Crippen molar-refractivity contribution in [3.63, 3.8) is 0 Å². The van der Waals surface area contributed by atoms with E-state index in [1.807, 2.05) is 6.92 Å². The number of Topliss-reactive ketones (excluding diaryl/α,β-unsaturated/α-hetero) is 1. The summed E-state index contributed by atoms with van der Waals surface area (Å²) in [6.45, 7) is 3.30. The molecule has 6 aliphatic rings. The number of ketones is 3. The molecule has 3 aromatic carbocycles. The van der Waals surface area contributed by atoms with E-state index in [2.05, 4.69) is 0 Å². The molecule has 54 heavy (non-hydrogen) atoms. The van der Waals surface area contributed by atoms with Crippen LogP contribution >= 0.6 is 0 Å². The number of aromatic hydroxyl groups is 1. The molecule has 4 aromatic rings. The predicted octanol–water partition coefficient (Wildman–Crippen LogP) is 5.41. The summed E-state index contributed by atoms with van der Waals surface area (Å²) >= 11 is 0. The van der Waals surface area contributed by atoms with E-state index in [4.69, 9.17) is 18.1 Å². The van der Waals surface area contributed by atoms with Crippen molar-refractivity contribution < 1.29 is 60.1 Å². The zero-order valence-corrected chi connectivity index (χ0v) is 29.7. The molecule has 1 spiro atoms. The van der Waals surface area contributed by atoms with Crippen molar-refractivity contribution in [3.05, 3.63) is 105 Å². The fraction of sp³-hybridized carbons (Fsp3) is 0.325. The molecule has 10 rings (SSSR count).